The standard InChI is InChI=1S/C13H13N3OS/c1-9-11(7-14)13(18-16-9)15-8-10-5-3-4-6-12(10)17-2/h3-6,15H,8H2,1-2H3. The first-order valence-corrected chi connectivity index (χ1v) is 6.25. The molecule has 0 amide bonds. The van der Waals surface area contributed by atoms with Crippen molar-refractivity contribution < 1.29 is 4.74 Å². The molecule has 0 aliphatic carbocycles. The van der Waals surface area contributed by atoms with Gasteiger partial charge in [0, 0.05) is 12.1 Å². The molecule has 0 aliphatic heterocycles. The molecule has 0 spiro atoms. The second-order valence-corrected chi connectivity index (χ2v) is 4.52. The van der Waals surface area contributed by atoms with Crippen molar-refractivity contribution in [2.75, 3.05) is 12.4 Å². The lowest BCUT2D eigenvalue weighted by Gasteiger charge is -2.08. The minimum absolute atomic E-state index is 0.611. The van der Waals surface area contributed by atoms with Gasteiger partial charge < -0.3 is 10.1 Å². The highest BCUT2D eigenvalue weighted by Gasteiger charge is 2.10. The Morgan fingerprint density at radius 3 is 2.94 bits per heavy atom. The number of para-hydroxylation sites is 1. The number of rotatable bonds is 4. The summed E-state index contributed by atoms with van der Waals surface area (Å²) in [6, 6.07) is 9.96. The minimum Gasteiger partial charge on any atom is -0.496 e. The van der Waals surface area contributed by atoms with E-state index in [1.807, 2.05) is 31.2 Å². The number of ether oxygens (including phenoxy) is 1. The maximum Gasteiger partial charge on any atom is 0.127 e. The molecule has 0 saturated heterocycles. The van der Waals surface area contributed by atoms with Gasteiger partial charge in [0.05, 0.1) is 12.8 Å². The molecule has 0 bridgehead atoms. The van der Waals surface area contributed by atoms with E-state index in [9.17, 15) is 0 Å². The quantitative estimate of drug-likeness (QED) is 0.917. The van der Waals surface area contributed by atoms with Gasteiger partial charge in [-0.3, -0.25) is 0 Å². The summed E-state index contributed by atoms with van der Waals surface area (Å²) in [6.45, 7) is 2.45. The Labute approximate surface area is 110 Å². The molecule has 4 nitrogen and oxygen atoms in total. The summed E-state index contributed by atoms with van der Waals surface area (Å²) in [6.07, 6.45) is 0. The lowest BCUT2D eigenvalue weighted by Crippen LogP contribution is -2.01. The van der Waals surface area contributed by atoms with E-state index in [-0.39, 0.29) is 0 Å². The van der Waals surface area contributed by atoms with E-state index in [0.29, 0.717) is 12.1 Å². The van der Waals surface area contributed by atoms with Crippen molar-refractivity contribution in [2.24, 2.45) is 0 Å². The van der Waals surface area contributed by atoms with E-state index < -0.39 is 0 Å². The molecule has 1 heterocycles. The highest BCUT2D eigenvalue weighted by molar-refractivity contribution is 7.10. The zero-order chi connectivity index (χ0) is 13.0. The van der Waals surface area contributed by atoms with Crippen molar-refractivity contribution in [3.05, 3.63) is 41.1 Å². The molecule has 1 aromatic carbocycles. The first-order valence-electron chi connectivity index (χ1n) is 5.48. The van der Waals surface area contributed by atoms with Crippen LogP contribution in [0.2, 0.25) is 0 Å². The average Bonchev–Trinajstić information content (AvgIpc) is 2.77. The Balaban J connectivity index is 2.14. The first-order chi connectivity index (χ1) is 8.76. The van der Waals surface area contributed by atoms with Gasteiger partial charge in [0.15, 0.2) is 0 Å². The summed E-state index contributed by atoms with van der Waals surface area (Å²) < 4.78 is 9.45. The van der Waals surface area contributed by atoms with Crippen LogP contribution in [0.3, 0.4) is 0 Å². The molecule has 0 fully saturated rings. The zero-order valence-electron chi connectivity index (χ0n) is 10.2. The Bertz CT molecular complexity index is 586. The van der Waals surface area contributed by atoms with E-state index in [2.05, 4.69) is 15.8 Å². The summed E-state index contributed by atoms with van der Waals surface area (Å²) in [7, 11) is 1.65. The van der Waals surface area contributed by atoms with E-state index in [1.54, 1.807) is 7.11 Å². The smallest absolute Gasteiger partial charge is 0.127 e. The molecule has 2 rings (SSSR count). The van der Waals surface area contributed by atoms with Crippen molar-refractivity contribution in [3.63, 3.8) is 0 Å². The van der Waals surface area contributed by atoms with Crippen molar-refractivity contribution >= 4 is 16.5 Å². The number of aryl methyl sites for hydroxylation is 1. The number of nitrogens with one attached hydrogen (secondary N) is 1. The lowest BCUT2D eigenvalue weighted by molar-refractivity contribution is 0.410. The zero-order valence-corrected chi connectivity index (χ0v) is 11.0. The van der Waals surface area contributed by atoms with Crippen LogP contribution in [-0.2, 0) is 6.54 Å². The molecular formula is C13H13N3OS. The third-order valence-electron chi connectivity index (χ3n) is 2.61. The first kappa shape index (κ1) is 12.4. The Morgan fingerprint density at radius 1 is 1.44 bits per heavy atom. The van der Waals surface area contributed by atoms with Crippen molar-refractivity contribution in [2.45, 2.75) is 13.5 Å². The van der Waals surface area contributed by atoms with Gasteiger partial charge in [0.25, 0.3) is 0 Å². The van der Waals surface area contributed by atoms with Crippen LogP contribution in [0.15, 0.2) is 24.3 Å². The summed E-state index contributed by atoms with van der Waals surface area (Å²) in [4.78, 5) is 0. The third-order valence-corrected chi connectivity index (χ3v) is 3.50. The van der Waals surface area contributed by atoms with E-state index in [1.165, 1.54) is 11.5 Å². The van der Waals surface area contributed by atoms with Gasteiger partial charge in [-0.15, -0.1) is 0 Å². The predicted molar refractivity (Wildman–Crippen MR) is 71.9 cm³/mol. The van der Waals surface area contributed by atoms with E-state index >= 15 is 0 Å². The monoisotopic (exact) mass is 259 g/mol. The molecule has 0 aliphatic rings. The fourth-order valence-corrected chi connectivity index (χ4v) is 2.39. The maximum absolute atomic E-state index is 9.04. The van der Waals surface area contributed by atoms with Gasteiger partial charge >= 0.3 is 0 Å². The lowest BCUT2D eigenvalue weighted by atomic mass is 10.2. The number of nitrogens with zero attached hydrogens (tertiary/aromatic N) is 2. The van der Waals surface area contributed by atoms with E-state index in [4.69, 9.17) is 10.00 Å². The molecule has 0 radical (unpaired) electrons. The Hall–Kier alpha value is -2.06. The topological polar surface area (TPSA) is 57.9 Å². The van der Waals surface area contributed by atoms with Crippen LogP contribution >= 0.6 is 11.5 Å². The SMILES string of the molecule is COc1ccccc1CNc1snc(C)c1C#N. The number of aromatic nitrogens is 1. The van der Waals surface area contributed by atoms with Crippen LogP contribution in [0, 0.1) is 18.3 Å². The highest BCUT2D eigenvalue weighted by Crippen LogP contribution is 2.25. The Kier molecular flexibility index (Phi) is 3.80. The summed E-state index contributed by atoms with van der Waals surface area (Å²) in [5.74, 6) is 0.838. The maximum atomic E-state index is 9.04. The average molecular weight is 259 g/mol. The van der Waals surface area contributed by atoms with Crippen LogP contribution in [0.4, 0.5) is 5.00 Å². The molecule has 0 unspecified atom stereocenters. The van der Waals surface area contributed by atoms with Gasteiger partial charge in [-0.2, -0.15) is 9.64 Å². The van der Waals surface area contributed by atoms with Gasteiger partial charge in [-0.1, -0.05) is 18.2 Å². The van der Waals surface area contributed by atoms with Crippen molar-refractivity contribution in [1.82, 2.24) is 4.37 Å². The number of hydrogen-bond acceptors (Lipinski definition) is 5. The molecule has 18 heavy (non-hydrogen) atoms. The normalized spacial score (nSPS) is 9.83. The van der Waals surface area contributed by atoms with Crippen LogP contribution < -0.4 is 10.1 Å². The summed E-state index contributed by atoms with van der Waals surface area (Å²) in [5.41, 5.74) is 2.44. The van der Waals surface area contributed by atoms with Crippen molar-refractivity contribution in [1.29, 1.82) is 5.26 Å². The van der Waals surface area contributed by atoms with Crippen LogP contribution in [0.5, 0.6) is 5.75 Å². The van der Waals surface area contributed by atoms with Gasteiger partial charge in [0.2, 0.25) is 0 Å². The second-order valence-electron chi connectivity index (χ2n) is 3.75. The molecule has 5 heteroatoms. The number of methoxy groups -OCH3 is 1. The number of anilines is 1. The molecule has 0 atom stereocenters. The van der Waals surface area contributed by atoms with Gasteiger partial charge in [-0.25, -0.2) is 0 Å². The van der Waals surface area contributed by atoms with Gasteiger partial charge in [0.1, 0.15) is 22.4 Å². The molecule has 1 N–H and O–H groups in total. The number of hydrogen-bond donors (Lipinski definition) is 1. The molecule has 0 saturated carbocycles. The molecule has 2 aromatic rings. The summed E-state index contributed by atoms with van der Waals surface area (Å²) >= 11 is 1.31. The van der Waals surface area contributed by atoms with Gasteiger partial charge in [-0.05, 0) is 24.5 Å². The van der Waals surface area contributed by atoms with Crippen molar-refractivity contribution in [3.8, 4) is 11.8 Å². The fraction of sp³-hybridized carbons (Fsp3) is 0.231. The Morgan fingerprint density at radius 2 is 2.22 bits per heavy atom. The van der Waals surface area contributed by atoms with Crippen LogP contribution in [0.1, 0.15) is 16.8 Å². The summed E-state index contributed by atoms with van der Waals surface area (Å²) in [5, 5.41) is 13.1. The molecular weight excluding hydrogens is 246 g/mol. The third kappa shape index (κ3) is 2.44. The van der Waals surface area contributed by atoms with Crippen LogP contribution in [-0.4, -0.2) is 11.5 Å². The second kappa shape index (κ2) is 5.52. The fourth-order valence-electron chi connectivity index (χ4n) is 1.65. The molecule has 1 aromatic heterocycles. The largest absolute Gasteiger partial charge is 0.496 e. The van der Waals surface area contributed by atoms with Crippen LogP contribution in [0.25, 0.3) is 0 Å². The minimum atomic E-state index is 0.611. The molecule has 92 valence electrons. The number of nitriles is 1. The van der Waals surface area contributed by atoms with E-state index in [0.717, 1.165) is 22.0 Å². The highest BCUT2D eigenvalue weighted by atomic mass is 32.1. The predicted octanol–water partition coefficient (Wildman–Crippen LogP) is 2.94. The number of benzene rings is 1.